The number of hydrogen-bond donors (Lipinski definition) is 0. The van der Waals surface area contributed by atoms with Crippen LogP contribution in [0.3, 0.4) is 0 Å². The number of carbonyl (C=O) groups is 2. The Morgan fingerprint density at radius 3 is 1.40 bits per heavy atom. The van der Waals surface area contributed by atoms with E-state index in [2.05, 4.69) is 229 Å². The van der Waals surface area contributed by atoms with E-state index in [0.717, 1.165) is 60.7 Å². The maximum atomic E-state index is 12.7. The van der Waals surface area contributed by atoms with Crippen molar-refractivity contribution < 1.29 is 46.9 Å². The molecule has 2 aliphatic heterocycles. The van der Waals surface area contributed by atoms with Crippen molar-refractivity contribution in [2.45, 2.75) is 227 Å². The number of carbonyl (C=O) groups excluding carboxylic acids is 2. The van der Waals surface area contributed by atoms with Crippen LogP contribution in [0.2, 0.25) is 36.3 Å². The monoisotopic (exact) mass is 1500 g/mol. The molecule has 0 amide bonds. The number of rotatable bonds is 24. The minimum atomic E-state index is -1.84. The van der Waals surface area contributed by atoms with E-state index < -0.39 is 28.2 Å². The van der Waals surface area contributed by atoms with Gasteiger partial charge in [-0.3, -0.25) is 0 Å². The number of aryl methyl sites for hydroxylation is 2. The van der Waals surface area contributed by atoms with Crippen LogP contribution in [-0.2, 0) is 42.6 Å². The molecule has 2 aliphatic rings. The summed E-state index contributed by atoms with van der Waals surface area (Å²) in [5.74, 6) is -0.604. The van der Waals surface area contributed by atoms with Gasteiger partial charge in [-0.15, -0.1) is 0 Å². The fourth-order valence-corrected chi connectivity index (χ4v) is 16.7. The number of halogens is 1. The van der Waals surface area contributed by atoms with Crippen LogP contribution in [-0.4, -0.2) is 110 Å². The molecule has 7 rings (SSSR count). The molecule has 14 heteroatoms. The first-order valence-corrected chi connectivity index (χ1v) is 43.1. The zero-order chi connectivity index (χ0) is 70.1. The normalized spacial score (nSPS) is 20.2. The van der Waals surface area contributed by atoms with Crippen LogP contribution in [0.1, 0.15) is 167 Å². The molecule has 2 unspecified atom stereocenters. The third-order valence-corrected chi connectivity index (χ3v) is 30.9. The Kier molecular flexibility index (Phi) is 30.3. The number of alkyl halides is 1. The predicted molar refractivity (Wildman–Crippen MR) is 407 cm³/mol. The standard InChI is InChI=1S/C37H54O5Si.C22H20O2Se.C21H41IO3Si/c1-25(28(4)42-43(11,12)36(5,6)7)21-22-26(2)34-32(40-37(8,9)41-34)20-16-19-30-24-31(29-17-14-13-15-18-29)23-27(3)33(30)35(38)39-10;1-16-13-18(17-9-5-3-6-10-17)14-19(21(16)22(23)24-2)15-25-20-11-7-4-8-12-20;1-15(17(3)25-26(9,10)20(4,5)6)11-12-16(2)19-18(13-14-22)23-21(7,8)24-19/h13-19,21-26,28,32,34H,20H2,1-12H3;3-14H,15H2,1-2H3;11-12,15-19H,13-14H2,1-10H3/b19-16+,22-21-;;12-11-/t25-,26?,28+,32+,34-;;15-,16?,17+,18+,19-/m1.1/s1. The van der Waals surface area contributed by atoms with Gasteiger partial charge in [0.05, 0.1) is 37.1 Å². The Hall–Kier alpha value is -4.30. The summed E-state index contributed by atoms with van der Waals surface area (Å²) in [5.41, 5.74) is 9.50. The van der Waals surface area contributed by atoms with Crippen molar-refractivity contribution in [2.24, 2.45) is 23.7 Å². The number of benzene rings is 5. The Labute approximate surface area is 590 Å². The predicted octanol–water partition coefficient (Wildman–Crippen LogP) is 20.2. The second-order valence-electron chi connectivity index (χ2n) is 29.7. The van der Waals surface area contributed by atoms with Crippen LogP contribution < -0.4 is 4.46 Å². The van der Waals surface area contributed by atoms with E-state index in [0.29, 0.717) is 29.4 Å². The Bertz CT molecular complexity index is 3280. The van der Waals surface area contributed by atoms with Gasteiger partial charge >= 0.3 is 161 Å². The van der Waals surface area contributed by atoms with E-state index >= 15 is 0 Å². The second kappa shape index (κ2) is 35.5. The third-order valence-electron chi connectivity index (χ3n) is 18.9. The SMILES string of the molecule is CC(/C=C\[C@@H](C)[C@H](C)O[Si](C)(C)C(C)(C)C)[C@H]1OC(C)(C)O[C@H]1CCI.COC(=O)c1c(C)cc(-c2ccccc2)cc1/C=C/C[C@@H]1OC(C)(C)O[C@@H]1C(C)/C=C\[C@@H](C)[C@H](C)O[Si](C)(C)C(C)(C)C.COC(=O)c1c(C)cc(-c2ccccc2)cc1C[Se]c1ccccc1. The topological polar surface area (TPSA) is 108 Å². The molecule has 5 aromatic carbocycles. The third kappa shape index (κ3) is 23.4. The molecule has 516 valence electrons. The van der Waals surface area contributed by atoms with E-state index in [1.807, 2.05) is 96.1 Å². The van der Waals surface area contributed by atoms with E-state index in [4.69, 9.17) is 37.3 Å². The first kappa shape index (κ1) is 80.4. The maximum absolute atomic E-state index is 12.7. The van der Waals surface area contributed by atoms with Crippen molar-refractivity contribution in [3.63, 3.8) is 0 Å². The van der Waals surface area contributed by atoms with Crippen molar-refractivity contribution in [1.82, 2.24) is 0 Å². The number of esters is 2. The molecule has 2 fully saturated rings. The molecule has 0 N–H and O–H groups in total. The number of hydrogen-bond acceptors (Lipinski definition) is 10. The molecule has 10 nitrogen and oxygen atoms in total. The van der Waals surface area contributed by atoms with Crippen LogP contribution in [0, 0.1) is 37.5 Å². The Balaban J connectivity index is 0.000000270. The van der Waals surface area contributed by atoms with Crippen molar-refractivity contribution in [3.8, 4) is 22.3 Å². The van der Waals surface area contributed by atoms with E-state index in [1.54, 1.807) is 0 Å². The van der Waals surface area contributed by atoms with Gasteiger partial charge in [0, 0.05) is 28.5 Å². The summed E-state index contributed by atoms with van der Waals surface area (Å²) in [6.45, 7) is 48.2. The summed E-state index contributed by atoms with van der Waals surface area (Å²) >= 11 is 2.68. The fraction of sp³-hybridized carbons (Fsp3) is 0.525. The zero-order valence-electron chi connectivity index (χ0n) is 61.4. The summed E-state index contributed by atoms with van der Waals surface area (Å²) in [5, 5.41) is 1.28. The van der Waals surface area contributed by atoms with Crippen molar-refractivity contribution >= 4 is 76.7 Å². The first-order valence-electron chi connectivity index (χ1n) is 33.7. The van der Waals surface area contributed by atoms with Crippen LogP contribution in [0.25, 0.3) is 28.3 Å². The fourth-order valence-electron chi connectivity index (χ4n) is 11.2. The molecule has 0 aliphatic carbocycles. The summed E-state index contributed by atoms with van der Waals surface area (Å²) in [4.78, 5) is 25.0. The van der Waals surface area contributed by atoms with Gasteiger partial charge in [0.15, 0.2) is 28.2 Å². The summed E-state index contributed by atoms with van der Waals surface area (Å²) in [6, 6.07) is 39.2. The molecule has 2 saturated heterocycles. The van der Waals surface area contributed by atoms with Crippen molar-refractivity contribution in [1.29, 1.82) is 0 Å². The minimum absolute atomic E-state index is 0.0998. The van der Waals surface area contributed by atoms with Crippen molar-refractivity contribution in [2.75, 3.05) is 18.6 Å². The van der Waals surface area contributed by atoms with E-state index in [1.165, 1.54) is 18.7 Å². The zero-order valence-corrected chi connectivity index (χ0v) is 67.3. The quantitative estimate of drug-likeness (QED) is 0.0195. The molecule has 0 saturated carbocycles. The van der Waals surface area contributed by atoms with Gasteiger partial charge in [-0.2, -0.15) is 0 Å². The molecule has 94 heavy (non-hydrogen) atoms. The second-order valence-corrected chi connectivity index (χ2v) is 42.5. The summed E-state index contributed by atoms with van der Waals surface area (Å²) < 4.78 is 50.8. The Morgan fingerprint density at radius 1 is 0.564 bits per heavy atom. The molecule has 0 radical (unpaired) electrons. The van der Waals surface area contributed by atoms with E-state index in [9.17, 15) is 9.59 Å². The Morgan fingerprint density at radius 2 is 0.968 bits per heavy atom. The molecule has 2 heterocycles. The summed E-state index contributed by atoms with van der Waals surface area (Å²) in [7, 11) is -0.707. The summed E-state index contributed by atoms with van der Waals surface area (Å²) in [6.07, 6.45) is 15.4. The molecular formula is C80H115IO10SeSi2. The molecule has 5 aromatic rings. The number of ether oxygens (including phenoxy) is 6. The molecule has 0 aromatic heterocycles. The number of methoxy groups -OCH3 is 2. The van der Waals surface area contributed by atoms with Gasteiger partial charge < -0.3 is 32.5 Å². The molecular weight excluding hydrogens is 1380 g/mol. The van der Waals surface area contributed by atoms with Gasteiger partial charge in [0.25, 0.3) is 0 Å². The van der Waals surface area contributed by atoms with Gasteiger partial charge in [-0.05, 0) is 138 Å². The first-order chi connectivity index (χ1) is 43.8. The van der Waals surface area contributed by atoms with E-state index in [-0.39, 0.29) is 85.4 Å². The van der Waals surface area contributed by atoms with Crippen LogP contribution in [0.4, 0.5) is 0 Å². The molecule has 10 atom stereocenters. The van der Waals surface area contributed by atoms with Crippen molar-refractivity contribution in [3.05, 3.63) is 179 Å². The van der Waals surface area contributed by atoms with Gasteiger partial charge in [-0.1, -0.05) is 165 Å². The van der Waals surface area contributed by atoms with Crippen LogP contribution in [0.5, 0.6) is 0 Å². The average molecular weight is 1500 g/mol. The molecule has 0 spiro atoms. The van der Waals surface area contributed by atoms with Crippen LogP contribution in [0.15, 0.2) is 146 Å². The average Bonchev–Trinajstić information content (AvgIpc) is 0.976. The molecule has 0 bridgehead atoms. The van der Waals surface area contributed by atoms with Crippen LogP contribution >= 0.6 is 22.6 Å². The van der Waals surface area contributed by atoms with Gasteiger partial charge in [0.2, 0.25) is 0 Å². The van der Waals surface area contributed by atoms with Gasteiger partial charge in [-0.25, -0.2) is 4.79 Å². The van der Waals surface area contributed by atoms with Gasteiger partial charge in [0.1, 0.15) is 0 Å².